The number of rotatable bonds is 6. The number of ether oxygens (including phenoxy) is 1. The molecule has 0 bridgehead atoms. The molecular weight excluding hydrogens is 306 g/mol. The first kappa shape index (κ1) is 17.1. The van der Waals surface area contributed by atoms with E-state index < -0.39 is 0 Å². The van der Waals surface area contributed by atoms with Crippen LogP contribution in [0.3, 0.4) is 0 Å². The molecule has 3 nitrogen and oxygen atoms in total. The van der Waals surface area contributed by atoms with Crippen LogP contribution in [-0.4, -0.2) is 12.1 Å². The maximum Gasteiger partial charge on any atom is 0.338 e. The summed E-state index contributed by atoms with van der Waals surface area (Å²) in [5.41, 5.74) is 3.64. The molecule has 2 aromatic carbocycles. The average molecular weight is 325 g/mol. The van der Waals surface area contributed by atoms with E-state index in [2.05, 4.69) is 6.07 Å². The number of nitrogens with zero attached hydrogens (tertiary/aromatic N) is 1. The summed E-state index contributed by atoms with van der Waals surface area (Å²) in [7, 11) is 0. The second-order valence-corrected chi connectivity index (χ2v) is 6.44. The van der Waals surface area contributed by atoms with Crippen LogP contribution in [0.25, 0.3) is 0 Å². The van der Waals surface area contributed by atoms with Gasteiger partial charge in [-0.25, -0.2) is 4.79 Å². The molecule has 118 valence electrons. The normalized spacial score (nSPS) is 10.3. The summed E-state index contributed by atoms with van der Waals surface area (Å²) < 4.78 is 5.17. The van der Waals surface area contributed by atoms with Crippen LogP contribution in [0.4, 0.5) is 0 Å². The lowest BCUT2D eigenvalue weighted by Crippen LogP contribution is -2.11. The molecule has 0 aliphatic rings. The molecule has 0 spiro atoms. The minimum atomic E-state index is -0.281. The fraction of sp³-hybridized carbons (Fsp3) is 0.263. The van der Waals surface area contributed by atoms with Crippen LogP contribution in [0.15, 0.2) is 48.5 Å². The number of carbonyl (C=O) groups excluding carboxylic acids is 1. The number of hydrogen-bond acceptors (Lipinski definition) is 4. The van der Waals surface area contributed by atoms with Crippen LogP contribution in [0.1, 0.15) is 40.9 Å². The zero-order valence-corrected chi connectivity index (χ0v) is 14.1. The highest BCUT2D eigenvalue weighted by atomic mass is 32.2. The maximum atomic E-state index is 11.8. The molecule has 0 amide bonds. The third kappa shape index (κ3) is 5.46. The highest BCUT2D eigenvalue weighted by molar-refractivity contribution is 7.97. The molecule has 0 aliphatic carbocycles. The standard InChI is InChI=1S/C19H19NO2S/c1-14(2)22-19(21)18-9-7-17(8-10-18)13-23-12-16-5-3-15(11-20)4-6-16/h3-10,14H,12-13H2,1-2H3. The molecule has 0 aromatic heterocycles. The first-order chi connectivity index (χ1) is 11.1. The summed E-state index contributed by atoms with van der Waals surface area (Å²) in [4.78, 5) is 11.8. The fourth-order valence-corrected chi connectivity index (χ4v) is 2.94. The molecule has 0 N–H and O–H groups in total. The molecule has 2 rings (SSSR count). The van der Waals surface area contributed by atoms with E-state index in [1.807, 2.05) is 62.4 Å². The number of hydrogen-bond donors (Lipinski definition) is 0. The third-order valence-corrected chi connectivity index (χ3v) is 4.23. The Morgan fingerprint density at radius 3 is 2.04 bits per heavy atom. The monoisotopic (exact) mass is 325 g/mol. The van der Waals surface area contributed by atoms with Crippen molar-refractivity contribution in [3.63, 3.8) is 0 Å². The van der Waals surface area contributed by atoms with E-state index in [0.29, 0.717) is 11.1 Å². The van der Waals surface area contributed by atoms with Gasteiger partial charge in [-0.3, -0.25) is 0 Å². The zero-order chi connectivity index (χ0) is 16.7. The van der Waals surface area contributed by atoms with Gasteiger partial charge in [0.15, 0.2) is 0 Å². The van der Waals surface area contributed by atoms with Crippen molar-refractivity contribution in [2.24, 2.45) is 0 Å². The lowest BCUT2D eigenvalue weighted by molar-refractivity contribution is 0.0378. The van der Waals surface area contributed by atoms with Gasteiger partial charge >= 0.3 is 5.97 Å². The van der Waals surface area contributed by atoms with Crippen molar-refractivity contribution >= 4 is 17.7 Å². The number of benzene rings is 2. The van der Waals surface area contributed by atoms with Gasteiger partial charge in [-0.05, 0) is 49.2 Å². The summed E-state index contributed by atoms with van der Waals surface area (Å²) in [6, 6.07) is 17.3. The summed E-state index contributed by atoms with van der Waals surface area (Å²) in [6.45, 7) is 3.68. The molecule has 0 fully saturated rings. The zero-order valence-electron chi connectivity index (χ0n) is 13.3. The van der Waals surface area contributed by atoms with Crippen molar-refractivity contribution in [3.8, 4) is 6.07 Å². The summed E-state index contributed by atoms with van der Waals surface area (Å²) in [5, 5.41) is 8.77. The van der Waals surface area contributed by atoms with Crippen LogP contribution in [-0.2, 0) is 16.2 Å². The average Bonchev–Trinajstić information content (AvgIpc) is 2.55. The van der Waals surface area contributed by atoms with E-state index in [4.69, 9.17) is 10.00 Å². The fourth-order valence-electron chi connectivity index (χ4n) is 1.98. The smallest absolute Gasteiger partial charge is 0.338 e. The van der Waals surface area contributed by atoms with Crippen molar-refractivity contribution in [1.29, 1.82) is 5.26 Å². The van der Waals surface area contributed by atoms with E-state index in [0.717, 1.165) is 11.5 Å². The third-order valence-electron chi connectivity index (χ3n) is 3.15. The molecule has 23 heavy (non-hydrogen) atoms. The molecule has 0 saturated carbocycles. The van der Waals surface area contributed by atoms with E-state index in [1.165, 1.54) is 11.1 Å². The second-order valence-electron chi connectivity index (χ2n) is 5.45. The van der Waals surface area contributed by atoms with Gasteiger partial charge in [-0.15, -0.1) is 0 Å². The van der Waals surface area contributed by atoms with Gasteiger partial charge in [0.2, 0.25) is 0 Å². The van der Waals surface area contributed by atoms with Crippen molar-refractivity contribution in [2.45, 2.75) is 31.5 Å². The van der Waals surface area contributed by atoms with Crippen molar-refractivity contribution < 1.29 is 9.53 Å². The van der Waals surface area contributed by atoms with E-state index in [1.54, 1.807) is 11.8 Å². The lowest BCUT2D eigenvalue weighted by atomic mass is 10.1. The van der Waals surface area contributed by atoms with Gasteiger partial charge < -0.3 is 4.74 Å². The molecule has 2 aromatic rings. The number of thioether (sulfide) groups is 1. The van der Waals surface area contributed by atoms with Gasteiger partial charge in [0, 0.05) is 11.5 Å². The van der Waals surface area contributed by atoms with Gasteiger partial charge in [0.05, 0.1) is 23.3 Å². The second kappa shape index (κ2) is 8.40. The highest BCUT2D eigenvalue weighted by Crippen LogP contribution is 2.19. The van der Waals surface area contributed by atoms with E-state index in [9.17, 15) is 4.79 Å². The van der Waals surface area contributed by atoms with Crippen LogP contribution >= 0.6 is 11.8 Å². The molecule has 0 radical (unpaired) electrons. The SMILES string of the molecule is CC(C)OC(=O)c1ccc(CSCc2ccc(C#N)cc2)cc1. The molecule has 0 saturated heterocycles. The van der Waals surface area contributed by atoms with Crippen LogP contribution < -0.4 is 0 Å². The lowest BCUT2D eigenvalue weighted by Gasteiger charge is -2.08. The van der Waals surface area contributed by atoms with Gasteiger partial charge in [0.1, 0.15) is 0 Å². The molecule has 0 atom stereocenters. The predicted molar refractivity (Wildman–Crippen MR) is 93.1 cm³/mol. The highest BCUT2D eigenvalue weighted by Gasteiger charge is 2.08. The molecule has 0 heterocycles. The maximum absolute atomic E-state index is 11.8. The largest absolute Gasteiger partial charge is 0.459 e. The Morgan fingerprint density at radius 2 is 1.57 bits per heavy atom. The molecule has 4 heteroatoms. The first-order valence-corrected chi connectivity index (χ1v) is 8.60. The summed E-state index contributed by atoms with van der Waals surface area (Å²) in [6.07, 6.45) is -0.106. The predicted octanol–water partition coefficient (Wildman–Crippen LogP) is 4.56. The Morgan fingerprint density at radius 1 is 1.04 bits per heavy atom. The Balaban J connectivity index is 1.84. The minimum absolute atomic E-state index is 0.106. The molecular formula is C19H19NO2S. The molecule has 0 aliphatic heterocycles. The van der Waals surface area contributed by atoms with Gasteiger partial charge in [-0.2, -0.15) is 17.0 Å². The topological polar surface area (TPSA) is 50.1 Å². The number of carbonyl (C=O) groups is 1. The van der Waals surface area contributed by atoms with Crippen molar-refractivity contribution in [1.82, 2.24) is 0 Å². The Labute approximate surface area is 141 Å². The Hall–Kier alpha value is -2.25. The Kier molecular flexibility index (Phi) is 6.25. The molecule has 0 unspecified atom stereocenters. The quantitative estimate of drug-likeness (QED) is 0.731. The van der Waals surface area contributed by atoms with Crippen molar-refractivity contribution in [3.05, 3.63) is 70.8 Å². The summed E-state index contributed by atoms with van der Waals surface area (Å²) >= 11 is 1.80. The van der Waals surface area contributed by atoms with Gasteiger partial charge in [-0.1, -0.05) is 24.3 Å². The number of nitriles is 1. The van der Waals surface area contributed by atoms with E-state index in [-0.39, 0.29) is 12.1 Å². The van der Waals surface area contributed by atoms with Gasteiger partial charge in [0.25, 0.3) is 0 Å². The van der Waals surface area contributed by atoms with E-state index >= 15 is 0 Å². The summed E-state index contributed by atoms with van der Waals surface area (Å²) in [5.74, 6) is 1.49. The number of esters is 1. The Bertz CT molecular complexity index is 685. The first-order valence-electron chi connectivity index (χ1n) is 7.45. The van der Waals surface area contributed by atoms with Crippen LogP contribution in [0, 0.1) is 11.3 Å². The van der Waals surface area contributed by atoms with Crippen LogP contribution in [0.5, 0.6) is 0 Å². The van der Waals surface area contributed by atoms with Crippen LogP contribution in [0.2, 0.25) is 0 Å². The van der Waals surface area contributed by atoms with Crippen molar-refractivity contribution in [2.75, 3.05) is 0 Å². The minimum Gasteiger partial charge on any atom is -0.459 e.